The van der Waals surface area contributed by atoms with Crippen LogP contribution < -0.4 is 20.1 Å². The van der Waals surface area contributed by atoms with Gasteiger partial charge in [0, 0.05) is 37.9 Å². The maximum Gasteiger partial charge on any atom is 0.195 e. The molecule has 0 aromatic heterocycles. The molecule has 9 heteroatoms. The first-order chi connectivity index (χ1) is 12.5. The van der Waals surface area contributed by atoms with Gasteiger partial charge < -0.3 is 20.1 Å². The molecule has 0 amide bonds. The summed E-state index contributed by atoms with van der Waals surface area (Å²) >= 11 is 0. The fourth-order valence-corrected chi connectivity index (χ4v) is 3.91. The summed E-state index contributed by atoms with van der Waals surface area (Å²) in [7, 11) is 0.353. The van der Waals surface area contributed by atoms with Crippen LogP contribution in [0.15, 0.2) is 23.2 Å². The van der Waals surface area contributed by atoms with Gasteiger partial charge in [0.2, 0.25) is 0 Å². The fourth-order valence-electron chi connectivity index (χ4n) is 2.63. The summed E-state index contributed by atoms with van der Waals surface area (Å²) in [6.07, 6.45) is 0. The Morgan fingerprint density at radius 2 is 1.88 bits per heavy atom. The van der Waals surface area contributed by atoms with E-state index in [0.29, 0.717) is 37.1 Å². The highest BCUT2D eigenvalue weighted by molar-refractivity contribution is 7.91. The number of aliphatic imine (C=N–C) groups is 1. The molecule has 0 saturated carbocycles. The molecule has 8 nitrogen and oxygen atoms in total. The molecule has 146 valence electrons. The number of rotatable bonds is 7. The third-order valence-corrected chi connectivity index (χ3v) is 5.72. The first kappa shape index (κ1) is 20.3. The minimum absolute atomic E-state index is 0.237. The highest BCUT2D eigenvalue weighted by Gasteiger charge is 2.20. The lowest BCUT2D eigenvalue weighted by Gasteiger charge is -2.25. The molecule has 0 aliphatic carbocycles. The van der Waals surface area contributed by atoms with Gasteiger partial charge in [-0.1, -0.05) is 0 Å². The zero-order valence-electron chi connectivity index (χ0n) is 15.6. The quantitative estimate of drug-likeness (QED) is 0.531. The van der Waals surface area contributed by atoms with Gasteiger partial charge in [-0.15, -0.1) is 0 Å². The van der Waals surface area contributed by atoms with Crippen LogP contribution in [0.25, 0.3) is 0 Å². The first-order valence-corrected chi connectivity index (χ1v) is 10.5. The van der Waals surface area contributed by atoms with E-state index < -0.39 is 9.84 Å². The largest absolute Gasteiger partial charge is 0.493 e. The Morgan fingerprint density at radius 3 is 2.50 bits per heavy atom. The molecule has 1 aromatic carbocycles. The lowest BCUT2D eigenvalue weighted by atomic mass is 10.3. The van der Waals surface area contributed by atoms with Crippen molar-refractivity contribution in [2.75, 3.05) is 63.8 Å². The van der Waals surface area contributed by atoms with Crippen LogP contribution in [-0.2, 0) is 9.84 Å². The zero-order chi connectivity index (χ0) is 19.0. The van der Waals surface area contributed by atoms with Crippen LogP contribution in [0.2, 0.25) is 0 Å². The molecule has 1 heterocycles. The number of nitrogens with one attached hydrogen (secondary N) is 2. The molecule has 0 unspecified atom stereocenters. The van der Waals surface area contributed by atoms with E-state index in [4.69, 9.17) is 9.47 Å². The molecule has 1 aromatic rings. The Morgan fingerprint density at radius 1 is 1.19 bits per heavy atom. The van der Waals surface area contributed by atoms with Crippen molar-refractivity contribution in [1.82, 2.24) is 10.2 Å². The van der Waals surface area contributed by atoms with Crippen molar-refractivity contribution in [2.24, 2.45) is 4.99 Å². The van der Waals surface area contributed by atoms with E-state index >= 15 is 0 Å². The molecule has 1 aliphatic rings. The van der Waals surface area contributed by atoms with E-state index in [0.717, 1.165) is 18.8 Å². The Balaban J connectivity index is 1.94. The van der Waals surface area contributed by atoms with Gasteiger partial charge in [-0.25, -0.2) is 8.42 Å². The molecular weight excluding hydrogens is 356 g/mol. The number of nitrogens with zero attached hydrogens (tertiary/aromatic N) is 2. The van der Waals surface area contributed by atoms with Gasteiger partial charge in [-0.05, 0) is 19.1 Å². The van der Waals surface area contributed by atoms with Crippen LogP contribution in [0.5, 0.6) is 11.5 Å². The van der Waals surface area contributed by atoms with Crippen LogP contribution in [0, 0.1) is 0 Å². The van der Waals surface area contributed by atoms with Crippen LogP contribution in [0.3, 0.4) is 0 Å². The molecule has 1 saturated heterocycles. The lowest BCUT2D eigenvalue weighted by Crippen LogP contribution is -2.41. The molecule has 1 fully saturated rings. The summed E-state index contributed by atoms with van der Waals surface area (Å²) in [5.74, 6) is 2.45. The second kappa shape index (κ2) is 9.63. The highest BCUT2D eigenvalue weighted by Crippen LogP contribution is 2.29. The SMILES string of the molecule is CCNC(=NCCN1CCS(=O)(=O)CC1)Nc1ccc(OC)c(OC)c1. The highest BCUT2D eigenvalue weighted by atomic mass is 32.2. The summed E-state index contributed by atoms with van der Waals surface area (Å²) < 4.78 is 33.5. The average molecular weight is 385 g/mol. The standard InChI is InChI=1S/C17H28N4O4S/c1-4-18-17(19-7-8-21-9-11-26(22,23)12-10-21)20-14-5-6-15(24-2)16(13-14)25-3/h5-6,13H,4,7-12H2,1-3H3,(H2,18,19,20). The number of methoxy groups -OCH3 is 2. The molecule has 1 aliphatic heterocycles. The molecule has 0 radical (unpaired) electrons. The molecule has 0 bridgehead atoms. The van der Waals surface area contributed by atoms with E-state index in [-0.39, 0.29) is 11.5 Å². The minimum atomic E-state index is -2.84. The molecule has 2 rings (SSSR count). The fraction of sp³-hybridized carbons (Fsp3) is 0.588. The Bertz CT molecular complexity index is 707. The molecular formula is C17H28N4O4S. The molecule has 2 N–H and O–H groups in total. The van der Waals surface area contributed by atoms with E-state index in [2.05, 4.69) is 20.5 Å². The lowest BCUT2D eigenvalue weighted by molar-refractivity contribution is 0.304. The number of hydrogen-bond donors (Lipinski definition) is 2. The van der Waals surface area contributed by atoms with Gasteiger partial charge in [0.15, 0.2) is 27.3 Å². The number of sulfone groups is 1. The van der Waals surface area contributed by atoms with Crippen molar-refractivity contribution in [3.05, 3.63) is 18.2 Å². The van der Waals surface area contributed by atoms with Gasteiger partial charge in [0.1, 0.15) is 0 Å². The monoisotopic (exact) mass is 384 g/mol. The van der Waals surface area contributed by atoms with Gasteiger partial charge >= 0.3 is 0 Å². The van der Waals surface area contributed by atoms with E-state index in [1.54, 1.807) is 14.2 Å². The van der Waals surface area contributed by atoms with E-state index in [1.165, 1.54) is 0 Å². The number of anilines is 1. The van der Waals surface area contributed by atoms with Crippen molar-refractivity contribution in [3.8, 4) is 11.5 Å². The number of guanidine groups is 1. The van der Waals surface area contributed by atoms with Gasteiger partial charge in [-0.2, -0.15) is 0 Å². The third kappa shape index (κ3) is 6.06. The van der Waals surface area contributed by atoms with Crippen molar-refractivity contribution >= 4 is 21.5 Å². The van der Waals surface area contributed by atoms with Crippen LogP contribution in [0.4, 0.5) is 5.69 Å². The van der Waals surface area contributed by atoms with Gasteiger partial charge in [-0.3, -0.25) is 9.89 Å². The van der Waals surface area contributed by atoms with E-state index in [9.17, 15) is 8.42 Å². The van der Waals surface area contributed by atoms with Crippen molar-refractivity contribution in [1.29, 1.82) is 0 Å². The summed E-state index contributed by atoms with van der Waals surface area (Å²) in [5, 5.41) is 6.45. The average Bonchev–Trinajstić information content (AvgIpc) is 2.63. The zero-order valence-corrected chi connectivity index (χ0v) is 16.4. The second-order valence-corrected chi connectivity index (χ2v) is 8.25. The molecule has 0 atom stereocenters. The Labute approximate surface area is 155 Å². The second-order valence-electron chi connectivity index (χ2n) is 5.95. The predicted molar refractivity (Wildman–Crippen MR) is 104 cm³/mol. The summed E-state index contributed by atoms with van der Waals surface area (Å²) in [4.78, 5) is 6.70. The van der Waals surface area contributed by atoms with Crippen molar-refractivity contribution < 1.29 is 17.9 Å². The smallest absolute Gasteiger partial charge is 0.195 e. The maximum absolute atomic E-state index is 11.5. The van der Waals surface area contributed by atoms with Crippen LogP contribution in [0.1, 0.15) is 6.92 Å². The summed E-state index contributed by atoms with van der Waals surface area (Å²) in [6.45, 7) is 5.22. The summed E-state index contributed by atoms with van der Waals surface area (Å²) in [5.41, 5.74) is 0.839. The molecule has 26 heavy (non-hydrogen) atoms. The van der Waals surface area contributed by atoms with Gasteiger partial charge in [0.05, 0.1) is 32.3 Å². The Kier molecular flexibility index (Phi) is 7.52. The van der Waals surface area contributed by atoms with Crippen molar-refractivity contribution in [2.45, 2.75) is 6.92 Å². The number of hydrogen-bond acceptors (Lipinski definition) is 6. The number of ether oxygens (including phenoxy) is 2. The minimum Gasteiger partial charge on any atom is -0.493 e. The number of benzene rings is 1. The molecule has 0 spiro atoms. The maximum atomic E-state index is 11.5. The predicted octanol–water partition coefficient (Wildman–Crippen LogP) is 0.812. The topological polar surface area (TPSA) is 92.3 Å². The van der Waals surface area contributed by atoms with Crippen LogP contribution in [-0.4, -0.2) is 77.7 Å². The van der Waals surface area contributed by atoms with Gasteiger partial charge in [0.25, 0.3) is 0 Å². The van der Waals surface area contributed by atoms with E-state index in [1.807, 2.05) is 25.1 Å². The third-order valence-electron chi connectivity index (χ3n) is 4.11. The van der Waals surface area contributed by atoms with Crippen LogP contribution >= 0.6 is 0 Å². The normalized spacial score (nSPS) is 17.6. The first-order valence-electron chi connectivity index (χ1n) is 8.67. The van der Waals surface area contributed by atoms with Crippen molar-refractivity contribution in [3.63, 3.8) is 0 Å². The summed E-state index contributed by atoms with van der Waals surface area (Å²) in [6, 6.07) is 5.57. The Hall–Kier alpha value is -2.00.